The Morgan fingerprint density at radius 2 is 2.00 bits per heavy atom. The molecule has 1 N–H and O–H groups in total. The molecule has 120 valence electrons. The summed E-state index contributed by atoms with van der Waals surface area (Å²) in [5.74, 6) is 1.09. The first kappa shape index (κ1) is 16.1. The molecule has 2 amide bonds. The number of unbranched alkanes of at least 4 members (excludes halogenated alkanes) is 1. The normalized spacial score (nSPS) is 12.1. The van der Waals surface area contributed by atoms with Crippen LogP contribution in [0.2, 0.25) is 0 Å². The number of hydrogen-bond donors (Lipinski definition) is 1. The SMILES string of the molecule is CCCCN(CCNC(=O)c1ccc2c(c1)OCO2)C(C)=O. The van der Waals surface area contributed by atoms with Gasteiger partial charge in [0.15, 0.2) is 11.5 Å². The summed E-state index contributed by atoms with van der Waals surface area (Å²) in [4.78, 5) is 25.4. The molecule has 0 radical (unpaired) electrons. The minimum atomic E-state index is -0.183. The predicted molar refractivity (Wildman–Crippen MR) is 82.1 cm³/mol. The fraction of sp³-hybridized carbons (Fsp3) is 0.500. The van der Waals surface area contributed by atoms with E-state index in [0.717, 1.165) is 19.4 Å². The Bertz CT molecular complexity index is 545. The van der Waals surface area contributed by atoms with Gasteiger partial charge in [0.25, 0.3) is 5.91 Å². The zero-order chi connectivity index (χ0) is 15.9. The van der Waals surface area contributed by atoms with Gasteiger partial charge in [-0.25, -0.2) is 0 Å². The number of carbonyl (C=O) groups excluding carboxylic acids is 2. The maximum Gasteiger partial charge on any atom is 0.251 e. The van der Waals surface area contributed by atoms with E-state index in [-0.39, 0.29) is 18.6 Å². The monoisotopic (exact) mass is 306 g/mol. The third-order valence-electron chi connectivity index (χ3n) is 3.53. The quantitative estimate of drug-likeness (QED) is 0.834. The van der Waals surface area contributed by atoms with Gasteiger partial charge in [-0.15, -0.1) is 0 Å². The second-order valence-corrected chi connectivity index (χ2v) is 5.18. The molecule has 0 aromatic heterocycles. The molecule has 6 nitrogen and oxygen atoms in total. The summed E-state index contributed by atoms with van der Waals surface area (Å²) < 4.78 is 10.5. The smallest absolute Gasteiger partial charge is 0.251 e. The summed E-state index contributed by atoms with van der Waals surface area (Å²) in [7, 11) is 0. The van der Waals surface area contributed by atoms with Crippen molar-refractivity contribution in [3.63, 3.8) is 0 Å². The van der Waals surface area contributed by atoms with Gasteiger partial charge in [0, 0.05) is 32.1 Å². The Balaban J connectivity index is 1.83. The van der Waals surface area contributed by atoms with Crippen molar-refractivity contribution in [3.8, 4) is 11.5 Å². The van der Waals surface area contributed by atoms with E-state index in [1.54, 1.807) is 30.0 Å². The van der Waals surface area contributed by atoms with E-state index in [1.807, 2.05) is 0 Å². The highest BCUT2D eigenvalue weighted by atomic mass is 16.7. The van der Waals surface area contributed by atoms with E-state index < -0.39 is 0 Å². The van der Waals surface area contributed by atoms with Gasteiger partial charge in [-0.2, -0.15) is 0 Å². The van der Waals surface area contributed by atoms with Crippen LogP contribution in [0.1, 0.15) is 37.0 Å². The van der Waals surface area contributed by atoms with Gasteiger partial charge in [0.05, 0.1) is 0 Å². The van der Waals surface area contributed by atoms with Crippen LogP contribution in [0.4, 0.5) is 0 Å². The molecule has 6 heteroatoms. The lowest BCUT2D eigenvalue weighted by Crippen LogP contribution is -2.38. The first-order valence-corrected chi connectivity index (χ1v) is 7.55. The van der Waals surface area contributed by atoms with Gasteiger partial charge in [0.2, 0.25) is 12.7 Å². The fourth-order valence-electron chi connectivity index (χ4n) is 2.22. The molecule has 1 aromatic carbocycles. The average Bonchev–Trinajstić information content (AvgIpc) is 2.97. The van der Waals surface area contributed by atoms with Crippen LogP contribution in [0, 0.1) is 0 Å². The molecule has 1 aliphatic rings. The molecule has 2 rings (SSSR count). The number of benzene rings is 1. The van der Waals surface area contributed by atoms with Crippen LogP contribution in [-0.2, 0) is 4.79 Å². The molecule has 0 saturated carbocycles. The molecule has 0 bridgehead atoms. The lowest BCUT2D eigenvalue weighted by molar-refractivity contribution is -0.128. The Labute approximate surface area is 130 Å². The highest BCUT2D eigenvalue weighted by Crippen LogP contribution is 2.32. The maximum absolute atomic E-state index is 12.1. The lowest BCUT2D eigenvalue weighted by Gasteiger charge is -2.20. The summed E-state index contributed by atoms with van der Waals surface area (Å²) in [5.41, 5.74) is 0.521. The summed E-state index contributed by atoms with van der Waals surface area (Å²) >= 11 is 0. The van der Waals surface area contributed by atoms with Gasteiger partial charge >= 0.3 is 0 Å². The largest absolute Gasteiger partial charge is 0.454 e. The van der Waals surface area contributed by atoms with E-state index in [4.69, 9.17) is 9.47 Å². The summed E-state index contributed by atoms with van der Waals surface area (Å²) in [6.07, 6.45) is 2.00. The third-order valence-corrected chi connectivity index (χ3v) is 3.53. The van der Waals surface area contributed by atoms with E-state index in [2.05, 4.69) is 12.2 Å². The van der Waals surface area contributed by atoms with Gasteiger partial charge in [-0.05, 0) is 24.6 Å². The molecule has 0 atom stereocenters. The zero-order valence-electron chi connectivity index (χ0n) is 13.1. The minimum Gasteiger partial charge on any atom is -0.454 e. The molecule has 22 heavy (non-hydrogen) atoms. The highest BCUT2D eigenvalue weighted by Gasteiger charge is 2.16. The Morgan fingerprint density at radius 3 is 2.73 bits per heavy atom. The number of hydrogen-bond acceptors (Lipinski definition) is 4. The molecule has 0 fully saturated rings. The van der Waals surface area contributed by atoms with Gasteiger partial charge in [-0.3, -0.25) is 9.59 Å². The van der Waals surface area contributed by atoms with Crippen molar-refractivity contribution in [2.75, 3.05) is 26.4 Å². The first-order valence-electron chi connectivity index (χ1n) is 7.55. The van der Waals surface area contributed by atoms with Crippen molar-refractivity contribution in [1.29, 1.82) is 0 Å². The Hall–Kier alpha value is -2.24. The topological polar surface area (TPSA) is 67.9 Å². The summed E-state index contributed by atoms with van der Waals surface area (Å²) in [6.45, 7) is 5.49. The minimum absolute atomic E-state index is 0.0331. The summed E-state index contributed by atoms with van der Waals surface area (Å²) in [5, 5.41) is 2.82. The molecular formula is C16H22N2O4. The van der Waals surface area contributed by atoms with Crippen LogP contribution >= 0.6 is 0 Å². The van der Waals surface area contributed by atoms with Crippen molar-refractivity contribution in [3.05, 3.63) is 23.8 Å². The number of carbonyl (C=O) groups is 2. The van der Waals surface area contributed by atoms with Crippen LogP contribution in [0.3, 0.4) is 0 Å². The molecule has 1 aromatic rings. The van der Waals surface area contributed by atoms with Crippen LogP contribution in [0.5, 0.6) is 11.5 Å². The van der Waals surface area contributed by atoms with Crippen molar-refractivity contribution in [1.82, 2.24) is 10.2 Å². The standard InChI is InChI=1S/C16H22N2O4/c1-3-4-8-18(12(2)19)9-7-17-16(20)13-5-6-14-15(10-13)22-11-21-14/h5-6,10H,3-4,7-9,11H2,1-2H3,(H,17,20). The first-order chi connectivity index (χ1) is 10.6. The van der Waals surface area contributed by atoms with E-state index in [9.17, 15) is 9.59 Å². The van der Waals surface area contributed by atoms with Crippen LogP contribution in [0.25, 0.3) is 0 Å². The number of rotatable bonds is 7. The zero-order valence-corrected chi connectivity index (χ0v) is 13.1. The number of ether oxygens (including phenoxy) is 2. The van der Waals surface area contributed by atoms with Crippen molar-refractivity contribution < 1.29 is 19.1 Å². The number of fused-ring (bicyclic) bond motifs is 1. The average molecular weight is 306 g/mol. The second kappa shape index (κ2) is 7.68. The molecule has 0 saturated heterocycles. The Kier molecular flexibility index (Phi) is 5.63. The van der Waals surface area contributed by atoms with E-state index in [0.29, 0.717) is 30.2 Å². The van der Waals surface area contributed by atoms with Gasteiger partial charge in [0.1, 0.15) is 0 Å². The molecule has 1 aliphatic heterocycles. The van der Waals surface area contributed by atoms with Gasteiger partial charge in [-0.1, -0.05) is 13.3 Å². The molecular weight excluding hydrogens is 284 g/mol. The Morgan fingerprint density at radius 1 is 1.23 bits per heavy atom. The lowest BCUT2D eigenvalue weighted by atomic mass is 10.2. The van der Waals surface area contributed by atoms with Crippen molar-refractivity contribution in [2.45, 2.75) is 26.7 Å². The highest BCUT2D eigenvalue weighted by molar-refractivity contribution is 5.94. The van der Waals surface area contributed by atoms with Crippen molar-refractivity contribution in [2.24, 2.45) is 0 Å². The predicted octanol–water partition coefficient (Wildman–Crippen LogP) is 1.79. The molecule has 1 heterocycles. The number of nitrogens with zero attached hydrogens (tertiary/aromatic N) is 1. The number of nitrogens with one attached hydrogen (secondary N) is 1. The van der Waals surface area contributed by atoms with Crippen molar-refractivity contribution >= 4 is 11.8 Å². The van der Waals surface area contributed by atoms with Crippen LogP contribution in [0.15, 0.2) is 18.2 Å². The summed E-state index contributed by atoms with van der Waals surface area (Å²) in [6, 6.07) is 5.08. The fourth-order valence-corrected chi connectivity index (χ4v) is 2.22. The molecule has 0 spiro atoms. The second-order valence-electron chi connectivity index (χ2n) is 5.18. The maximum atomic E-state index is 12.1. The van der Waals surface area contributed by atoms with E-state index >= 15 is 0 Å². The molecule has 0 unspecified atom stereocenters. The van der Waals surface area contributed by atoms with Crippen LogP contribution in [-0.4, -0.2) is 43.1 Å². The third kappa shape index (κ3) is 4.13. The molecule has 0 aliphatic carbocycles. The van der Waals surface area contributed by atoms with Crippen LogP contribution < -0.4 is 14.8 Å². The number of amides is 2. The van der Waals surface area contributed by atoms with E-state index in [1.165, 1.54) is 0 Å². The van der Waals surface area contributed by atoms with Gasteiger partial charge < -0.3 is 19.7 Å².